The summed E-state index contributed by atoms with van der Waals surface area (Å²) in [6, 6.07) is 0. The Hall–Kier alpha value is -2.09. The van der Waals surface area contributed by atoms with Gasteiger partial charge in [0, 0.05) is 17.4 Å². The van der Waals surface area contributed by atoms with Crippen LogP contribution in [0.2, 0.25) is 6.32 Å². The van der Waals surface area contributed by atoms with Crippen molar-refractivity contribution >= 4 is 13.6 Å². The van der Waals surface area contributed by atoms with Gasteiger partial charge in [0.1, 0.15) is 0 Å². The summed E-state index contributed by atoms with van der Waals surface area (Å²) in [4.78, 5) is 12.1. The molecule has 2 atom stereocenters. The van der Waals surface area contributed by atoms with E-state index in [1.807, 2.05) is 6.08 Å². The van der Waals surface area contributed by atoms with E-state index >= 15 is 0 Å². The molecule has 0 heterocycles. The lowest BCUT2D eigenvalue weighted by Gasteiger charge is -2.40. The number of allylic oxidation sites excluding steroid dienone is 14. The molecule has 0 amide bonds. The normalized spacial score (nSPS) is 28.7. The molecule has 0 aromatic heterocycles. The van der Waals surface area contributed by atoms with Gasteiger partial charge in [-0.15, -0.1) is 0 Å². The Bertz CT molecular complexity index is 723. The van der Waals surface area contributed by atoms with E-state index in [4.69, 9.17) is 7.85 Å². The Morgan fingerprint density at radius 2 is 1.60 bits per heavy atom. The van der Waals surface area contributed by atoms with Crippen LogP contribution in [0.5, 0.6) is 0 Å². The van der Waals surface area contributed by atoms with Crippen LogP contribution >= 0.6 is 0 Å². The fraction of sp³-hybridized carbons (Fsp3) is 0.167. The standard InChI is InChI=1S/C18H13BO/c19-10-16(20)14-8-6-13-5-4-11-2-1-3-12-7-9-15(14)18(13)17(11)12/h1-9,17-18H,10H2. The van der Waals surface area contributed by atoms with Crippen LogP contribution in [-0.4, -0.2) is 13.6 Å². The maximum atomic E-state index is 12.1. The second-order valence-corrected chi connectivity index (χ2v) is 5.48. The first kappa shape index (κ1) is 11.7. The van der Waals surface area contributed by atoms with Gasteiger partial charge in [0.25, 0.3) is 0 Å². The monoisotopic (exact) mass is 256 g/mol. The Kier molecular flexibility index (Phi) is 2.46. The number of carbonyl (C=O) groups excluding carboxylic acids is 1. The highest BCUT2D eigenvalue weighted by Gasteiger charge is 2.38. The highest BCUT2D eigenvalue weighted by Crippen LogP contribution is 2.49. The molecule has 4 rings (SSSR count). The molecule has 0 saturated heterocycles. The van der Waals surface area contributed by atoms with E-state index in [1.54, 1.807) is 0 Å². The molecule has 2 unspecified atom stereocenters. The highest BCUT2D eigenvalue weighted by molar-refractivity contribution is 6.24. The van der Waals surface area contributed by atoms with Gasteiger partial charge in [-0.25, -0.2) is 0 Å². The second-order valence-electron chi connectivity index (χ2n) is 5.48. The topological polar surface area (TPSA) is 17.1 Å². The average molecular weight is 256 g/mol. The van der Waals surface area contributed by atoms with Crippen molar-refractivity contribution in [3.05, 3.63) is 82.5 Å². The van der Waals surface area contributed by atoms with Crippen molar-refractivity contribution in [2.45, 2.75) is 6.32 Å². The number of carbonyl (C=O) groups is 1. The van der Waals surface area contributed by atoms with Crippen molar-refractivity contribution < 1.29 is 4.79 Å². The molecule has 0 aromatic carbocycles. The smallest absolute Gasteiger partial charge is 0.154 e. The van der Waals surface area contributed by atoms with Gasteiger partial charge in [-0.05, 0) is 28.6 Å². The quantitative estimate of drug-likeness (QED) is 0.693. The second kappa shape index (κ2) is 4.21. The molecule has 20 heavy (non-hydrogen) atoms. The fourth-order valence-electron chi connectivity index (χ4n) is 3.57. The van der Waals surface area contributed by atoms with Crippen molar-refractivity contribution in [2.75, 3.05) is 0 Å². The van der Waals surface area contributed by atoms with Gasteiger partial charge >= 0.3 is 0 Å². The molecule has 1 nitrogen and oxygen atoms in total. The summed E-state index contributed by atoms with van der Waals surface area (Å²) < 4.78 is 0. The minimum Gasteiger partial charge on any atom is -0.295 e. The van der Waals surface area contributed by atoms with E-state index in [-0.39, 0.29) is 18.0 Å². The maximum Gasteiger partial charge on any atom is 0.154 e. The number of hydrogen-bond donors (Lipinski definition) is 0. The van der Waals surface area contributed by atoms with Gasteiger partial charge in [-0.3, -0.25) is 4.79 Å². The van der Waals surface area contributed by atoms with Gasteiger partial charge in [0.05, 0.1) is 7.85 Å². The van der Waals surface area contributed by atoms with Crippen LogP contribution in [0.4, 0.5) is 0 Å². The number of ketones is 1. The van der Waals surface area contributed by atoms with Crippen LogP contribution in [0, 0.1) is 11.8 Å². The van der Waals surface area contributed by atoms with Gasteiger partial charge < -0.3 is 0 Å². The Morgan fingerprint density at radius 1 is 0.900 bits per heavy atom. The molecule has 4 aliphatic carbocycles. The first-order valence-corrected chi connectivity index (χ1v) is 6.93. The summed E-state index contributed by atoms with van der Waals surface area (Å²) >= 11 is 0. The van der Waals surface area contributed by atoms with Crippen LogP contribution in [0.25, 0.3) is 0 Å². The third-order valence-electron chi connectivity index (χ3n) is 4.49. The highest BCUT2D eigenvalue weighted by atomic mass is 16.1. The lowest BCUT2D eigenvalue weighted by atomic mass is 9.63. The van der Waals surface area contributed by atoms with Crippen molar-refractivity contribution in [3.8, 4) is 0 Å². The lowest BCUT2D eigenvalue weighted by Crippen LogP contribution is -2.30. The number of rotatable bonds is 2. The van der Waals surface area contributed by atoms with E-state index < -0.39 is 0 Å². The van der Waals surface area contributed by atoms with E-state index in [0.717, 1.165) is 11.1 Å². The summed E-state index contributed by atoms with van der Waals surface area (Å²) in [6.45, 7) is 0. The van der Waals surface area contributed by atoms with E-state index in [9.17, 15) is 4.79 Å². The molecule has 2 radical (unpaired) electrons. The molecule has 0 fully saturated rings. The van der Waals surface area contributed by atoms with Gasteiger partial charge in [-0.2, -0.15) is 0 Å². The Labute approximate surface area is 119 Å². The SMILES string of the molecule is [B]CC(=O)C1=C2C=CC3=CC=CC4=CC=C(C=C1)C2C34. The average Bonchev–Trinajstić information content (AvgIpc) is 2.51. The minimum absolute atomic E-state index is 0.0230. The summed E-state index contributed by atoms with van der Waals surface area (Å²) in [6.07, 6.45) is 19.1. The number of Topliss-reactive ketones (excluding diaryl/α,β-unsaturated/α-hetero) is 1. The zero-order chi connectivity index (χ0) is 13.7. The van der Waals surface area contributed by atoms with Gasteiger partial charge in [-0.1, -0.05) is 54.7 Å². The predicted octanol–water partition coefficient (Wildman–Crippen LogP) is 3.17. The molecule has 0 aromatic rings. The van der Waals surface area contributed by atoms with Gasteiger partial charge in [0.15, 0.2) is 5.78 Å². The summed E-state index contributed by atoms with van der Waals surface area (Å²) in [5.74, 6) is 0.645. The van der Waals surface area contributed by atoms with E-state index in [2.05, 4.69) is 48.6 Å². The molecule has 4 aliphatic rings. The Morgan fingerprint density at radius 3 is 2.40 bits per heavy atom. The fourth-order valence-corrected chi connectivity index (χ4v) is 3.57. The van der Waals surface area contributed by atoms with Crippen molar-refractivity contribution in [2.24, 2.45) is 11.8 Å². The molecule has 0 saturated carbocycles. The molecule has 0 spiro atoms. The minimum atomic E-state index is 0.0230. The molecular weight excluding hydrogens is 243 g/mol. The van der Waals surface area contributed by atoms with Crippen molar-refractivity contribution in [1.82, 2.24) is 0 Å². The van der Waals surface area contributed by atoms with Gasteiger partial charge in [0.2, 0.25) is 0 Å². The number of hydrogen-bond acceptors (Lipinski definition) is 1. The molecule has 94 valence electrons. The molecule has 2 heteroatoms. The molecule has 0 bridgehead atoms. The van der Waals surface area contributed by atoms with Crippen molar-refractivity contribution in [1.29, 1.82) is 0 Å². The first-order valence-electron chi connectivity index (χ1n) is 6.93. The third kappa shape index (κ3) is 1.48. The Balaban J connectivity index is 1.95. The van der Waals surface area contributed by atoms with Crippen LogP contribution in [-0.2, 0) is 4.79 Å². The van der Waals surface area contributed by atoms with Crippen LogP contribution in [0.15, 0.2) is 82.5 Å². The summed E-state index contributed by atoms with van der Waals surface area (Å²) in [7, 11) is 5.54. The van der Waals surface area contributed by atoms with Crippen molar-refractivity contribution in [3.63, 3.8) is 0 Å². The third-order valence-corrected chi connectivity index (χ3v) is 4.49. The largest absolute Gasteiger partial charge is 0.295 e. The van der Waals surface area contributed by atoms with Crippen LogP contribution < -0.4 is 0 Å². The zero-order valence-electron chi connectivity index (χ0n) is 11.0. The molecule has 0 aliphatic heterocycles. The first-order chi connectivity index (χ1) is 9.79. The lowest BCUT2D eigenvalue weighted by molar-refractivity contribution is -0.113. The molecule has 0 N–H and O–H groups in total. The summed E-state index contributed by atoms with van der Waals surface area (Å²) in [5.41, 5.74) is 5.84. The van der Waals surface area contributed by atoms with E-state index in [0.29, 0.717) is 5.92 Å². The zero-order valence-corrected chi connectivity index (χ0v) is 11.0. The van der Waals surface area contributed by atoms with Crippen LogP contribution in [0.3, 0.4) is 0 Å². The molecular formula is C18H13BO. The van der Waals surface area contributed by atoms with E-state index in [1.165, 1.54) is 16.7 Å². The predicted molar refractivity (Wildman–Crippen MR) is 81.2 cm³/mol. The maximum absolute atomic E-state index is 12.1. The van der Waals surface area contributed by atoms with Crippen LogP contribution in [0.1, 0.15) is 0 Å². The summed E-state index contributed by atoms with van der Waals surface area (Å²) in [5, 5.41) is 0.